The zero-order valence-corrected chi connectivity index (χ0v) is 27.4. The maximum Gasteiger partial charge on any atom is 0.356 e. The van der Waals surface area contributed by atoms with E-state index in [1.165, 1.54) is 30.0 Å². The molecule has 1 saturated carbocycles. The molecule has 3 aromatic rings. The highest BCUT2D eigenvalue weighted by molar-refractivity contribution is 8.02. The summed E-state index contributed by atoms with van der Waals surface area (Å²) in [6.07, 6.45) is 3.48. The smallest absolute Gasteiger partial charge is 0.356 e. The van der Waals surface area contributed by atoms with Gasteiger partial charge in [0.05, 0.1) is 4.88 Å². The first kappa shape index (κ1) is 32.6. The van der Waals surface area contributed by atoms with Gasteiger partial charge in [0.15, 0.2) is 32.4 Å². The number of benzene rings is 1. The lowest BCUT2D eigenvalue weighted by Gasteiger charge is -2.49. The summed E-state index contributed by atoms with van der Waals surface area (Å²) in [5, 5.41) is 47.1. The van der Waals surface area contributed by atoms with E-state index in [2.05, 4.69) is 20.4 Å². The Labute approximate surface area is 282 Å². The van der Waals surface area contributed by atoms with Gasteiger partial charge in [-0.3, -0.25) is 14.5 Å². The van der Waals surface area contributed by atoms with E-state index in [1.807, 2.05) is 0 Å². The average Bonchev–Trinajstić information content (AvgIpc) is 3.81. The molecule has 19 heteroatoms. The minimum atomic E-state index is -1.32. The molecule has 3 aliphatic rings. The van der Waals surface area contributed by atoms with Gasteiger partial charge in [-0.2, -0.15) is 0 Å². The van der Waals surface area contributed by atoms with Crippen LogP contribution in [0.3, 0.4) is 0 Å². The van der Waals surface area contributed by atoms with Gasteiger partial charge in [0.1, 0.15) is 28.9 Å². The number of thioether (sulfide) groups is 2. The van der Waals surface area contributed by atoms with Gasteiger partial charge in [0.2, 0.25) is 0 Å². The van der Waals surface area contributed by atoms with Crippen LogP contribution in [0.15, 0.2) is 44.3 Å². The van der Waals surface area contributed by atoms with Gasteiger partial charge in [0, 0.05) is 16.9 Å². The molecule has 2 aliphatic heterocycles. The molecule has 6 rings (SSSR count). The van der Waals surface area contributed by atoms with Gasteiger partial charge in [-0.25, -0.2) is 19.6 Å². The fraction of sp³-hybridized carbons (Fsp3) is 0.321. The number of thiazole rings is 2. The molecule has 15 nitrogen and oxygen atoms in total. The first-order valence-corrected chi connectivity index (χ1v) is 17.8. The first-order valence-electron chi connectivity index (χ1n) is 14.1. The van der Waals surface area contributed by atoms with Crippen LogP contribution < -0.4 is 11.1 Å². The number of oxime groups is 1. The highest BCUT2D eigenvalue weighted by Crippen LogP contribution is 2.43. The van der Waals surface area contributed by atoms with E-state index < -0.39 is 40.9 Å². The van der Waals surface area contributed by atoms with Crippen molar-refractivity contribution in [3.8, 4) is 21.9 Å². The van der Waals surface area contributed by atoms with Gasteiger partial charge in [-0.15, -0.1) is 34.4 Å². The summed E-state index contributed by atoms with van der Waals surface area (Å²) < 4.78 is 0.323. The molecule has 0 unspecified atom stereocenters. The summed E-state index contributed by atoms with van der Waals surface area (Å²) in [5.41, 5.74) is 6.12. The molecular formula is C28H26N6O9S4. The van der Waals surface area contributed by atoms with Crippen molar-refractivity contribution in [1.82, 2.24) is 20.2 Å². The normalized spacial score (nSPS) is 19.8. The lowest BCUT2D eigenvalue weighted by molar-refractivity contribution is -0.150. The molecule has 1 saturated heterocycles. The van der Waals surface area contributed by atoms with E-state index >= 15 is 0 Å². The maximum absolute atomic E-state index is 13.4. The standard InChI is InChI=1S/C28H26N6O9S4/c29-27-30-14(10-45-27)17(33-43-13-3-1-2-4-13)22(37)31-19-23(38)34-20(26(41)42)12(8-44-24(19)34)9-46-28-32-18(25(39)40)21(47-28)11-5-6-15(35)16(36)7-11/h5-7,10,13,19,24,35-36H,1-4,8-9H2,(H2,29,30)(H,31,37)(H,39,40)(H,41,42)/t19-,24+/m1/s1. The van der Waals surface area contributed by atoms with Crippen LogP contribution in [-0.2, 0) is 19.2 Å². The third-order valence-corrected chi connectivity index (χ3v) is 11.9. The van der Waals surface area contributed by atoms with Crippen molar-refractivity contribution in [2.75, 3.05) is 17.2 Å². The largest absolute Gasteiger partial charge is 0.504 e. The number of hydrogen-bond donors (Lipinski definition) is 6. The zero-order chi connectivity index (χ0) is 33.4. The third-order valence-electron chi connectivity index (χ3n) is 7.53. The van der Waals surface area contributed by atoms with Crippen LogP contribution in [-0.4, -0.2) is 93.8 Å². The number of aromatic carboxylic acids is 1. The topological polar surface area (TPSA) is 238 Å². The molecule has 2 fully saturated rings. The maximum atomic E-state index is 13.4. The number of nitrogens with one attached hydrogen (secondary N) is 1. The summed E-state index contributed by atoms with van der Waals surface area (Å²) in [4.78, 5) is 66.2. The number of carbonyl (C=O) groups excluding carboxylic acids is 2. The van der Waals surface area contributed by atoms with Crippen molar-refractivity contribution < 1.29 is 44.4 Å². The molecular weight excluding hydrogens is 693 g/mol. The third kappa shape index (κ3) is 6.60. The minimum absolute atomic E-state index is 0.0928. The molecule has 2 amide bonds. The first-order chi connectivity index (χ1) is 22.5. The number of phenolic OH excluding ortho intramolecular Hbond substituents is 2. The quantitative estimate of drug-likeness (QED) is 0.0549. The molecule has 0 bridgehead atoms. The lowest BCUT2D eigenvalue weighted by Crippen LogP contribution is -2.71. The van der Waals surface area contributed by atoms with E-state index in [-0.39, 0.29) is 56.2 Å². The van der Waals surface area contributed by atoms with Crippen molar-refractivity contribution in [3.05, 3.63) is 46.2 Å². The van der Waals surface area contributed by atoms with Crippen LogP contribution in [0.5, 0.6) is 11.5 Å². The number of aromatic hydroxyl groups is 2. The molecule has 2 atom stereocenters. The number of β-lactam (4-membered cyclic amide) rings is 1. The predicted molar refractivity (Wildman–Crippen MR) is 175 cm³/mol. The molecule has 0 radical (unpaired) electrons. The van der Waals surface area contributed by atoms with Gasteiger partial charge in [0.25, 0.3) is 11.8 Å². The second-order valence-corrected chi connectivity index (χ2v) is 14.8. The summed E-state index contributed by atoms with van der Waals surface area (Å²) in [6.45, 7) is 0. The number of nitrogens with two attached hydrogens (primary N) is 1. The lowest BCUT2D eigenvalue weighted by atomic mass is 10.0. The fourth-order valence-corrected chi connectivity index (χ4v) is 9.41. The van der Waals surface area contributed by atoms with E-state index in [0.29, 0.717) is 15.5 Å². The highest BCUT2D eigenvalue weighted by atomic mass is 32.2. The van der Waals surface area contributed by atoms with E-state index in [0.717, 1.165) is 65.0 Å². The monoisotopic (exact) mass is 718 g/mol. The van der Waals surface area contributed by atoms with Crippen LogP contribution in [0.1, 0.15) is 41.9 Å². The van der Waals surface area contributed by atoms with Crippen LogP contribution in [0, 0.1) is 0 Å². The number of fused-ring (bicyclic) bond motifs is 1. The Balaban J connectivity index is 1.17. The van der Waals surface area contributed by atoms with E-state index in [1.54, 1.807) is 5.38 Å². The molecule has 1 aromatic carbocycles. The number of rotatable bonds is 11. The second-order valence-electron chi connectivity index (χ2n) is 10.6. The number of phenols is 2. The number of aromatic nitrogens is 2. The molecule has 246 valence electrons. The van der Waals surface area contributed by atoms with Crippen molar-refractivity contribution in [2.24, 2.45) is 5.16 Å². The Morgan fingerprint density at radius 2 is 1.89 bits per heavy atom. The Kier molecular flexibility index (Phi) is 9.31. The van der Waals surface area contributed by atoms with E-state index in [9.17, 15) is 39.6 Å². The Morgan fingerprint density at radius 3 is 2.55 bits per heavy atom. The predicted octanol–water partition coefficient (Wildman–Crippen LogP) is 3.15. The average molecular weight is 719 g/mol. The summed E-state index contributed by atoms with van der Waals surface area (Å²) in [5.74, 6) is -4.40. The molecule has 7 N–H and O–H groups in total. The highest BCUT2D eigenvalue weighted by Gasteiger charge is 2.54. The van der Waals surface area contributed by atoms with Crippen LogP contribution in [0.4, 0.5) is 5.13 Å². The number of carboxylic acids is 2. The van der Waals surface area contributed by atoms with E-state index in [4.69, 9.17) is 10.6 Å². The fourth-order valence-electron chi connectivity index (χ4n) is 5.24. The number of carboxylic acid groups (broad SMARTS) is 2. The number of aliphatic carboxylic acids is 1. The van der Waals surface area contributed by atoms with Crippen molar-refractivity contribution in [1.29, 1.82) is 0 Å². The number of hydrogen-bond acceptors (Lipinski definition) is 15. The number of anilines is 1. The number of nitrogen functional groups attached to an aromatic ring is 1. The molecule has 4 heterocycles. The number of nitrogens with zero attached hydrogens (tertiary/aromatic N) is 4. The summed E-state index contributed by atoms with van der Waals surface area (Å²) in [7, 11) is 0. The molecule has 47 heavy (non-hydrogen) atoms. The summed E-state index contributed by atoms with van der Waals surface area (Å²) in [6, 6.07) is 2.88. The van der Waals surface area contributed by atoms with Gasteiger partial charge in [-0.05, 0) is 55.0 Å². The van der Waals surface area contributed by atoms with Crippen molar-refractivity contribution in [2.45, 2.75) is 47.5 Å². The van der Waals surface area contributed by atoms with Crippen molar-refractivity contribution in [3.63, 3.8) is 0 Å². The number of carbonyl (C=O) groups is 4. The number of amides is 2. The van der Waals surface area contributed by atoms with Gasteiger partial charge >= 0.3 is 11.9 Å². The second kappa shape index (κ2) is 13.4. The van der Waals surface area contributed by atoms with Crippen LogP contribution >= 0.6 is 46.2 Å². The molecule has 0 spiro atoms. The Bertz CT molecular complexity index is 1830. The zero-order valence-electron chi connectivity index (χ0n) is 24.1. The van der Waals surface area contributed by atoms with Gasteiger partial charge in [-0.1, -0.05) is 16.9 Å². The minimum Gasteiger partial charge on any atom is -0.504 e. The molecule has 2 aromatic heterocycles. The van der Waals surface area contributed by atoms with Crippen LogP contribution in [0.25, 0.3) is 10.4 Å². The molecule has 1 aliphatic carbocycles. The van der Waals surface area contributed by atoms with Crippen LogP contribution in [0.2, 0.25) is 0 Å². The summed E-state index contributed by atoms with van der Waals surface area (Å²) >= 11 is 4.54. The Morgan fingerprint density at radius 1 is 1.13 bits per heavy atom. The Hall–Kier alpha value is -4.33. The SMILES string of the molecule is Nc1nc(C(=NOC2CCCC2)C(=O)N[C@@H]2C(=O)N3C(C(=O)O)=C(CSc4nc(C(=O)O)c(-c5ccc(O)c(O)c5)s4)CS[C@@H]23)cs1. The van der Waals surface area contributed by atoms with Crippen molar-refractivity contribution >= 4 is 80.8 Å². The van der Waals surface area contributed by atoms with Gasteiger partial charge < -0.3 is 36.3 Å².